The van der Waals surface area contributed by atoms with Gasteiger partial charge >= 0.3 is 5.97 Å². The number of quaternary nitrogens is 1. The molecule has 1 N–H and O–H groups in total. The summed E-state index contributed by atoms with van der Waals surface area (Å²) in [7, 11) is 7.34. The van der Waals surface area contributed by atoms with Gasteiger partial charge in [0, 0.05) is 0 Å². The first-order valence-electron chi connectivity index (χ1n) is 8.17. The predicted molar refractivity (Wildman–Crippen MR) is 96.4 cm³/mol. The quantitative estimate of drug-likeness (QED) is 0.620. The minimum absolute atomic E-state index is 0.316. The second-order valence-electron chi connectivity index (χ2n) is 7.01. The van der Waals surface area contributed by atoms with Gasteiger partial charge in [0.2, 0.25) is 0 Å². The molecule has 0 radical (unpaired) electrons. The van der Waals surface area contributed by atoms with Crippen molar-refractivity contribution in [3.05, 3.63) is 65.2 Å². The Labute approximate surface area is 149 Å². The number of likely N-dealkylation sites (N-methyl/N-ethyl adjacent to an activating group) is 1. The standard InChI is InChI=1S/C20H26NO4/c1-21(2,3)13-18(22)16-10-11-19(17(12-16)20(23)24-4)25-14-15-8-6-5-7-9-15/h5-12,18,22H,13-14H2,1-4H3/q+1. The van der Waals surface area contributed by atoms with Gasteiger partial charge in [-0.2, -0.15) is 0 Å². The van der Waals surface area contributed by atoms with Crippen LogP contribution >= 0.6 is 0 Å². The summed E-state index contributed by atoms with van der Waals surface area (Å²) in [5, 5.41) is 10.4. The van der Waals surface area contributed by atoms with E-state index in [1.807, 2.05) is 51.5 Å². The number of ether oxygens (including phenoxy) is 2. The second kappa shape index (κ2) is 8.14. The number of aliphatic hydroxyl groups excluding tert-OH is 1. The molecule has 0 aromatic heterocycles. The average molecular weight is 344 g/mol. The maximum absolute atomic E-state index is 12.1. The van der Waals surface area contributed by atoms with E-state index in [1.54, 1.807) is 18.2 Å². The molecule has 0 aliphatic carbocycles. The van der Waals surface area contributed by atoms with Crippen molar-refractivity contribution in [2.45, 2.75) is 12.7 Å². The summed E-state index contributed by atoms with van der Waals surface area (Å²) in [5.41, 5.74) is 1.99. The Hall–Kier alpha value is -2.37. The summed E-state index contributed by atoms with van der Waals surface area (Å²) in [6.07, 6.45) is -0.674. The molecule has 2 rings (SSSR count). The Balaban J connectivity index is 2.23. The highest BCUT2D eigenvalue weighted by Gasteiger charge is 2.21. The van der Waals surface area contributed by atoms with Gasteiger partial charge in [0.25, 0.3) is 0 Å². The summed E-state index contributed by atoms with van der Waals surface area (Å²) in [5.74, 6) is -0.0424. The van der Waals surface area contributed by atoms with Crippen molar-refractivity contribution in [1.29, 1.82) is 0 Å². The van der Waals surface area contributed by atoms with E-state index in [1.165, 1.54) is 7.11 Å². The number of benzene rings is 2. The van der Waals surface area contributed by atoms with E-state index < -0.39 is 12.1 Å². The Morgan fingerprint density at radius 1 is 1.12 bits per heavy atom. The molecule has 0 heterocycles. The molecule has 0 amide bonds. The fourth-order valence-electron chi connectivity index (χ4n) is 2.51. The van der Waals surface area contributed by atoms with Gasteiger partial charge in [0.05, 0.1) is 28.3 Å². The van der Waals surface area contributed by atoms with Gasteiger partial charge in [0.15, 0.2) is 0 Å². The van der Waals surface area contributed by atoms with Crippen LogP contribution in [-0.2, 0) is 11.3 Å². The van der Waals surface area contributed by atoms with Crippen LogP contribution in [-0.4, -0.2) is 50.4 Å². The van der Waals surface area contributed by atoms with Crippen LogP contribution in [0.3, 0.4) is 0 Å². The number of methoxy groups -OCH3 is 1. The van der Waals surface area contributed by atoms with E-state index >= 15 is 0 Å². The lowest BCUT2D eigenvalue weighted by Crippen LogP contribution is -2.38. The summed E-state index contributed by atoms with van der Waals surface area (Å²) in [6.45, 7) is 0.885. The third-order valence-corrected chi connectivity index (χ3v) is 3.75. The largest absolute Gasteiger partial charge is 0.488 e. The molecule has 25 heavy (non-hydrogen) atoms. The predicted octanol–water partition coefficient (Wildman–Crippen LogP) is 2.79. The lowest BCUT2D eigenvalue weighted by atomic mass is 10.0. The molecule has 2 aromatic carbocycles. The number of rotatable bonds is 7. The molecule has 0 aliphatic rings. The molecule has 2 aromatic rings. The van der Waals surface area contributed by atoms with E-state index in [-0.39, 0.29) is 0 Å². The number of hydrogen-bond acceptors (Lipinski definition) is 4. The summed E-state index contributed by atoms with van der Waals surface area (Å²) in [4.78, 5) is 12.1. The van der Waals surface area contributed by atoms with Crippen LogP contribution in [0.5, 0.6) is 5.75 Å². The van der Waals surface area contributed by atoms with Crippen LogP contribution in [0.4, 0.5) is 0 Å². The maximum atomic E-state index is 12.1. The molecule has 0 aliphatic heterocycles. The zero-order valence-electron chi connectivity index (χ0n) is 15.2. The topological polar surface area (TPSA) is 55.8 Å². The van der Waals surface area contributed by atoms with Crippen molar-refractivity contribution in [3.8, 4) is 5.75 Å². The van der Waals surface area contributed by atoms with Gasteiger partial charge < -0.3 is 19.1 Å². The zero-order valence-corrected chi connectivity index (χ0v) is 15.2. The van der Waals surface area contributed by atoms with Gasteiger partial charge in [0.1, 0.15) is 30.6 Å². The fourth-order valence-corrected chi connectivity index (χ4v) is 2.51. The molecule has 0 fully saturated rings. The fraction of sp³-hybridized carbons (Fsp3) is 0.350. The van der Waals surface area contributed by atoms with E-state index in [4.69, 9.17) is 9.47 Å². The van der Waals surface area contributed by atoms with Crippen molar-refractivity contribution >= 4 is 5.97 Å². The van der Waals surface area contributed by atoms with E-state index in [9.17, 15) is 9.90 Å². The minimum atomic E-state index is -0.674. The van der Waals surface area contributed by atoms with Gasteiger partial charge in [-0.3, -0.25) is 0 Å². The lowest BCUT2D eigenvalue weighted by Gasteiger charge is -2.27. The Kier molecular flexibility index (Phi) is 6.17. The SMILES string of the molecule is COC(=O)c1cc(C(O)C[N+](C)(C)C)ccc1OCc1ccccc1. The van der Waals surface area contributed by atoms with Crippen molar-refractivity contribution in [1.82, 2.24) is 0 Å². The second-order valence-corrected chi connectivity index (χ2v) is 7.01. The van der Waals surface area contributed by atoms with E-state index in [0.29, 0.717) is 34.5 Å². The minimum Gasteiger partial charge on any atom is -0.488 e. The highest BCUT2D eigenvalue weighted by molar-refractivity contribution is 5.92. The summed E-state index contributed by atoms with van der Waals surface area (Å²) in [6, 6.07) is 14.9. The molecule has 1 unspecified atom stereocenters. The molecule has 5 nitrogen and oxygen atoms in total. The molecular formula is C20H26NO4+. The number of carbonyl (C=O) groups excluding carboxylic acids is 1. The lowest BCUT2D eigenvalue weighted by molar-refractivity contribution is -0.874. The maximum Gasteiger partial charge on any atom is 0.341 e. The van der Waals surface area contributed by atoms with Crippen LogP contribution in [0.1, 0.15) is 27.6 Å². The van der Waals surface area contributed by atoms with E-state index in [2.05, 4.69) is 0 Å². The van der Waals surface area contributed by atoms with Crippen molar-refractivity contribution in [2.75, 3.05) is 34.8 Å². The average Bonchev–Trinajstić information content (AvgIpc) is 2.58. The van der Waals surface area contributed by atoms with E-state index in [0.717, 1.165) is 5.56 Å². The Bertz CT molecular complexity index is 707. The van der Waals surface area contributed by atoms with Crippen LogP contribution in [0.25, 0.3) is 0 Å². The van der Waals surface area contributed by atoms with Crippen LogP contribution in [0, 0.1) is 0 Å². The first-order chi connectivity index (χ1) is 11.8. The van der Waals surface area contributed by atoms with Crippen molar-refractivity contribution < 1.29 is 23.9 Å². The third kappa shape index (κ3) is 5.59. The molecule has 5 heteroatoms. The van der Waals surface area contributed by atoms with Crippen LogP contribution in [0.15, 0.2) is 48.5 Å². The molecular weight excluding hydrogens is 318 g/mol. The summed E-state index contributed by atoms with van der Waals surface area (Å²) >= 11 is 0. The Morgan fingerprint density at radius 2 is 1.80 bits per heavy atom. The van der Waals surface area contributed by atoms with Crippen LogP contribution in [0.2, 0.25) is 0 Å². The number of aliphatic hydroxyl groups is 1. The highest BCUT2D eigenvalue weighted by atomic mass is 16.5. The molecule has 0 spiro atoms. The smallest absolute Gasteiger partial charge is 0.341 e. The van der Waals surface area contributed by atoms with Gasteiger partial charge in [-0.25, -0.2) is 4.79 Å². The van der Waals surface area contributed by atoms with Gasteiger partial charge in [-0.05, 0) is 23.3 Å². The highest BCUT2D eigenvalue weighted by Crippen LogP contribution is 2.26. The monoisotopic (exact) mass is 344 g/mol. The van der Waals surface area contributed by atoms with Gasteiger partial charge in [-0.15, -0.1) is 0 Å². The molecule has 1 atom stereocenters. The number of nitrogens with zero attached hydrogens (tertiary/aromatic N) is 1. The van der Waals surface area contributed by atoms with Gasteiger partial charge in [-0.1, -0.05) is 36.4 Å². The number of carbonyl (C=O) groups is 1. The molecule has 0 saturated carbocycles. The number of esters is 1. The van der Waals surface area contributed by atoms with Crippen molar-refractivity contribution in [3.63, 3.8) is 0 Å². The third-order valence-electron chi connectivity index (χ3n) is 3.75. The molecule has 0 saturated heterocycles. The first-order valence-corrected chi connectivity index (χ1v) is 8.17. The summed E-state index contributed by atoms with van der Waals surface area (Å²) < 4.78 is 11.3. The number of hydrogen-bond donors (Lipinski definition) is 1. The van der Waals surface area contributed by atoms with Crippen LogP contribution < -0.4 is 4.74 Å². The first kappa shape index (κ1) is 19.0. The zero-order chi connectivity index (χ0) is 18.4. The Morgan fingerprint density at radius 3 is 2.40 bits per heavy atom. The molecule has 134 valence electrons. The molecule has 0 bridgehead atoms. The van der Waals surface area contributed by atoms with Crippen molar-refractivity contribution in [2.24, 2.45) is 0 Å². The normalized spacial score (nSPS) is 12.5.